The largest absolute Gasteiger partial charge is 0.490 e. The molecule has 0 N–H and O–H groups in total. The van der Waals surface area contributed by atoms with E-state index in [9.17, 15) is 17.6 Å². The van der Waals surface area contributed by atoms with Crippen molar-refractivity contribution in [2.45, 2.75) is 39.5 Å². The molecule has 0 fully saturated rings. The molecule has 2 rings (SSSR count). The number of rotatable bonds is 6. The molecule has 138 valence electrons. The van der Waals surface area contributed by atoms with Crippen molar-refractivity contribution in [3.8, 4) is 17.6 Å². The lowest BCUT2D eigenvalue weighted by molar-refractivity contribution is 0.288. The number of halogens is 4. The topological polar surface area (TPSA) is 9.23 Å². The van der Waals surface area contributed by atoms with E-state index >= 15 is 0 Å². The van der Waals surface area contributed by atoms with Crippen molar-refractivity contribution in [3.63, 3.8) is 0 Å². The Morgan fingerprint density at radius 2 is 1.38 bits per heavy atom. The summed E-state index contributed by atoms with van der Waals surface area (Å²) in [6, 6.07) is 5.33. The fourth-order valence-electron chi connectivity index (χ4n) is 2.35. The first-order chi connectivity index (χ1) is 12.5. The van der Waals surface area contributed by atoms with Gasteiger partial charge in [-0.1, -0.05) is 44.6 Å². The van der Waals surface area contributed by atoms with Gasteiger partial charge in [-0.25, -0.2) is 13.2 Å². The molecule has 0 aliphatic heterocycles. The highest BCUT2D eigenvalue weighted by Crippen LogP contribution is 2.23. The van der Waals surface area contributed by atoms with Gasteiger partial charge in [0.2, 0.25) is 5.82 Å². The molecule has 0 atom stereocenters. The van der Waals surface area contributed by atoms with Crippen LogP contribution in [0.1, 0.15) is 49.8 Å². The molecule has 0 aromatic heterocycles. The quantitative estimate of drug-likeness (QED) is 0.359. The minimum Gasteiger partial charge on any atom is -0.490 e. The van der Waals surface area contributed by atoms with E-state index in [2.05, 4.69) is 11.8 Å². The molecule has 0 spiro atoms. The van der Waals surface area contributed by atoms with Crippen molar-refractivity contribution >= 4 is 0 Å². The molecule has 0 heterocycles. The van der Waals surface area contributed by atoms with Crippen LogP contribution in [0.2, 0.25) is 0 Å². The van der Waals surface area contributed by atoms with E-state index in [1.54, 1.807) is 0 Å². The summed E-state index contributed by atoms with van der Waals surface area (Å²) in [7, 11) is 0. The fourth-order valence-corrected chi connectivity index (χ4v) is 2.35. The number of hydrogen-bond donors (Lipinski definition) is 0. The molecule has 0 radical (unpaired) electrons. The molecule has 1 nitrogen and oxygen atoms in total. The van der Waals surface area contributed by atoms with Crippen molar-refractivity contribution in [1.82, 2.24) is 0 Å². The fraction of sp³-hybridized carbons (Fsp3) is 0.333. The monoisotopic (exact) mass is 364 g/mol. The second-order valence-electron chi connectivity index (χ2n) is 5.84. The van der Waals surface area contributed by atoms with Gasteiger partial charge in [-0.3, -0.25) is 0 Å². The van der Waals surface area contributed by atoms with Crippen LogP contribution in [0.25, 0.3) is 0 Å². The third-order valence-corrected chi connectivity index (χ3v) is 3.82. The van der Waals surface area contributed by atoms with Crippen LogP contribution in [-0.4, -0.2) is 6.61 Å². The highest BCUT2D eigenvalue weighted by molar-refractivity contribution is 5.47. The Morgan fingerprint density at radius 3 is 2.00 bits per heavy atom. The van der Waals surface area contributed by atoms with E-state index < -0.39 is 23.3 Å². The van der Waals surface area contributed by atoms with E-state index in [1.165, 1.54) is 24.3 Å². The number of aryl methyl sites for hydroxylation is 1. The standard InChI is InChI=1S/C21H20F4O/c1-3-5-13-26-17-12-11-16(20(24)21(17)25)10-9-15-8-7-14(6-4-2)18(22)19(15)23/h7-8,11-12H,3-6,13H2,1-2H3. The maximum atomic E-state index is 14.1. The predicted molar refractivity (Wildman–Crippen MR) is 93.1 cm³/mol. The van der Waals surface area contributed by atoms with E-state index in [0.717, 1.165) is 12.8 Å². The van der Waals surface area contributed by atoms with Crippen molar-refractivity contribution < 1.29 is 22.3 Å². The Balaban J connectivity index is 2.27. The number of hydrogen-bond acceptors (Lipinski definition) is 1. The second kappa shape index (κ2) is 9.28. The number of benzene rings is 2. The van der Waals surface area contributed by atoms with E-state index in [4.69, 9.17) is 4.74 Å². The molecular weight excluding hydrogens is 344 g/mol. The average Bonchev–Trinajstić information content (AvgIpc) is 2.63. The Bertz CT molecular complexity index is 834. The van der Waals surface area contributed by atoms with Crippen molar-refractivity contribution in [2.75, 3.05) is 6.61 Å². The van der Waals surface area contributed by atoms with Gasteiger partial charge < -0.3 is 4.74 Å². The van der Waals surface area contributed by atoms with Crippen LogP contribution >= 0.6 is 0 Å². The van der Waals surface area contributed by atoms with Crippen LogP contribution in [0.5, 0.6) is 5.75 Å². The van der Waals surface area contributed by atoms with Crippen LogP contribution in [0.15, 0.2) is 24.3 Å². The lowest BCUT2D eigenvalue weighted by atomic mass is 10.1. The van der Waals surface area contributed by atoms with Crippen molar-refractivity contribution in [3.05, 3.63) is 64.2 Å². The first-order valence-corrected chi connectivity index (χ1v) is 8.59. The maximum Gasteiger partial charge on any atom is 0.201 e. The van der Waals surface area contributed by atoms with E-state index in [-0.39, 0.29) is 29.0 Å². The van der Waals surface area contributed by atoms with Crippen LogP contribution < -0.4 is 4.74 Å². The normalized spacial score (nSPS) is 10.4. The Labute approximate surface area is 151 Å². The SMILES string of the molecule is CCCCOc1ccc(C#Cc2ccc(CCC)c(F)c2F)c(F)c1F. The van der Waals surface area contributed by atoms with E-state index in [0.29, 0.717) is 12.8 Å². The molecule has 2 aromatic carbocycles. The third-order valence-electron chi connectivity index (χ3n) is 3.82. The minimum absolute atomic E-state index is 0.192. The van der Waals surface area contributed by atoms with Crippen molar-refractivity contribution in [2.24, 2.45) is 0 Å². The lowest BCUT2D eigenvalue weighted by Crippen LogP contribution is -2.01. The molecule has 0 saturated heterocycles. The predicted octanol–water partition coefficient (Wildman–Crippen LogP) is 5.77. The Morgan fingerprint density at radius 1 is 0.769 bits per heavy atom. The van der Waals surface area contributed by atoms with Crippen molar-refractivity contribution in [1.29, 1.82) is 0 Å². The molecule has 0 bridgehead atoms. The van der Waals surface area contributed by atoms with Crippen LogP contribution in [0.3, 0.4) is 0 Å². The van der Waals surface area contributed by atoms with Gasteiger partial charge in [0.05, 0.1) is 17.7 Å². The van der Waals surface area contributed by atoms with Crippen LogP contribution in [0.4, 0.5) is 17.6 Å². The summed E-state index contributed by atoms with van der Waals surface area (Å²) in [5, 5.41) is 0. The van der Waals surface area contributed by atoms with E-state index in [1.807, 2.05) is 13.8 Å². The summed E-state index contributed by atoms with van der Waals surface area (Å²) < 4.78 is 61.2. The smallest absolute Gasteiger partial charge is 0.201 e. The molecular formula is C21H20F4O. The van der Waals surface area contributed by atoms with Gasteiger partial charge in [0.15, 0.2) is 23.2 Å². The third kappa shape index (κ3) is 4.57. The summed E-state index contributed by atoms with van der Waals surface area (Å²) in [5.74, 6) is 0.186. The first kappa shape index (κ1) is 19.8. The van der Waals surface area contributed by atoms with Gasteiger partial charge in [-0.2, -0.15) is 4.39 Å². The highest BCUT2D eigenvalue weighted by Gasteiger charge is 2.14. The molecule has 5 heteroatoms. The number of ether oxygens (including phenoxy) is 1. The summed E-state index contributed by atoms with van der Waals surface area (Å²) in [4.78, 5) is 0. The minimum atomic E-state index is -1.17. The van der Waals surface area contributed by atoms with Gasteiger partial charge in [0.25, 0.3) is 0 Å². The summed E-state index contributed by atoms with van der Waals surface area (Å²) in [6.45, 7) is 4.10. The van der Waals surface area contributed by atoms with Gasteiger partial charge in [-0.15, -0.1) is 0 Å². The Hall–Kier alpha value is -2.48. The first-order valence-electron chi connectivity index (χ1n) is 8.59. The van der Waals surface area contributed by atoms with Gasteiger partial charge in [0, 0.05) is 0 Å². The summed E-state index contributed by atoms with van der Waals surface area (Å²) in [5.41, 5.74) is -0.186. The van der Waals surface area contributed by atoms with Crippen LogP contribution in [0, 0.1) is 35.1 Å². The molecule has 0 saturated carbocycles. The second-order valence-corrected chi connectivity index (χ2v) is 5.84. The maximum absolute atomic E-state index is 14.1. The highest BCUT2D eigenvalue weighted by atomic mass is 19.2. The molecule has 26 heavy (non-hydrogen) atoms. The van der Waals surface area contributed by atoms with Gasteiger partial charge >= 0.3 is 0 Å². The van der Waals surface area contributed by atoms with Gasteiger partial charge in [0.1, 0.15) is 0 Å². The lowest BCUT2D eigenvalue weighted by Gasteiger charge is -2.07. The zero-order valence-corrected chi connectivity index (χ0v) is 14.8. The Kier molecular flexibility index (Phi) is 7.08. The molecule has 0 aliphatic rings. The molecule has 0 unspecified atom stereocenters. The average molecular weight is 364 g/mol. The number of unbranched alkanes of at least 4 members (excludes halogenated alkanes) is 1. The summed E-state index contributed by atoms with van der Waals surface area (Å²) in [6.07, 6.45) is 2.68. The zero-order valence-electron chi connectivity index (χ0n) is 14.8. The van der Waals surface area contributed by atoms with Crippen LogP contribution in [-0.2, 0) is 6.42 Å². The summed E-state index contributed by atoms with van der Waals surface area (Å²) >= 11 is 0. The molecule has 0 amide bonds. The van der Waals surface area contributed by atoms with Gasteiger partial charge in [-0.05, 0) is 36.6 Å². The molecule has 2 aromatic rings. The molecule has 0 aliphatic carbocycles. The zero-order chi connectivity index (χ0) is 19.1.